The normalized spacial score (nSPS) is 11.4. The smallest absolute Gasteiger partial charge is 0.303 e. The van der Waals surface area contributed by atoms with E-state index in [0.717, 1.165) is 28.0 Å². The van der Waals surface area contributed by atoms with Gasteiger partial charge in [-0.2, -0.15) is 5.26 Å². The Morgan fingerprint density at radius 3 is 2.39 bits per heavy atom. The molecule has 0 saturated carbocycles. The van der Waals surface area contributed by atoms with E-state index in [4.69, 9.17) is 15.1 Å². The monoisotopic (exact) mass is 371 g/mol. The van der Waals surface area contributed by atoms with Crippen LogP contribution in [0, 0.1) is 11.3 Å². The fourth-order valence-electron chi connectivity index (χ4n) is 3.02. The predicted octanol–water partition coefficient (Wildman–Crippen LogP) is 5.38. The van der Waals surface area contributed by atoms with Gasteiger partial charge in [0.25, 0.3) is 0 Å². The van der Waals surface area contributed by atoms with Crippen LogP contribution >= 0.6 is 0 Å². The third-order valence-corrected chi connectivity index (χ3v) is 4.61. The molecule has 1 unspecified atom stereocenters. The van der Waals surface area contributed by atoms with Gasteiger partial charge in [0.15, 0.2) is 0 Å². The molecule has 1 atom stereocenters. The Kier molecular flexibility index (Phi) is 6.08. The van der Waals surface area contributed by atoms with Gasteiger partial charge in [-0.15, -0.1) is 0 Å². The maximum absolute atomic E-state index is 10.8. The van der Waals surface area contributed by atoms with Gasteiger partial charge in [-0.25, -0.2) is 0 Å². The second-order valence-corrected chi connectivity index (χ2v) is 6.75. The van der Waals surface area contributed by atoms with E-state index in [0.29, 0.717) is 12.2 Å². The van der Waals surface area contributed by atoms with Gasteiger partial charge in [0.2, 0.25) is 0 Å². The number of nitrogens with zero attached hydrogens (tertiary/aromatic N) is 1. The van der Waals surface area contributed by atoms with Crippen LogP contribution in [0.5, 0.6) is 5.75 Å². The van der Waals surface area contributed by atoms with Crippen molar-refractivity contribution in [3.05, 3.63) is 89.5 Å². The Labute approximate surface area is 164 Å². The van der Waals surface area contributed by atoms with Crippen molar-refractivity contribution < 1.29 is 14.6 Å². The SMILES string of the molecule is CC(CC(=O)O)c1ccc(OCc2cccc(-c3ccc(C#N)cc3)c2)cc1. The van der Waals surface area contributed by atoms with Gasteiger partial charge in [-0.3, -0.25) is 4.79 Å². The van der Waals surface area contributed by atoms with Crippen molar-refractivity contribution in [2.75, 3.05) is 0 Å². The molecule has 3 aromatic rings. The average Bonchev–Trinajstić information content (AvgIpc) is 2.72. The lowest BCUT2D eigenvalue weighted by Gasteiger charge is -2.11. The van der Waals surface area contributed by atoms with E-state index >= 15 is 0 Å². The highest BCUT2D eigenvalue weighted by molar-refractivity contribution is 5.68. The lowest BCUT2D eigenvalue weighted by atomic mass is 9.98. The molecule has 140 valence electrons. The first kappa shape index (κ1) is 19.2. The van der Waals surface area contributed by atoms with Crippen LogP contribution in [-0.2, 0) is 11.4 Å². The van der Waals surface area contributed by atoms with E-state index in [1.165, 1.54) is 0 Å². The van der Waals surface area contributed by atoms with Crippen LogP contribution in [-0.4, -0.2) is 11.1 Å². The van der Waals surface area contributed by atoms with Crippen LogP contribution in [0.25, 0.3) is 11.1 Å². The second kappa shape index (κ2) is 8.88. The molecule has 4 nitrogen and oxygen atoms in total. The molecular formula is C24H21NO3. The van der Waals surface area contributed by atoms with E-state index in [9.17, 15) is 4.79 Å². The van der Waals surface area contributed by atoms with Gasteiger partial charge in [0.1, 0.15) is 12.4 Å². The van der Waals surface area contributed by atoms with Crippen molar-refractivity contribution in [2.45, 2.75) is 25.9 Å². The Balaban J connectivity index is 1.64. The predicted molar refractivity (Wildman–Crippen MR) is 108 cm³/mol. The number of nitriles is 1. The van der Waals surface area contributed by atoms with Crippen LogP contribution in [0.1, 0.15) is 36.0 Å². The Morgan fingerprint density at radius 1 is 1.04 bits per heavy atom. The number of hydrogen-bond acceptors (Lipinski definition) is 3. The van der Waals surface area contributed by atoms with Crippen molar-refractivity contribution in [3.63, 3.8) is 0 Å². The van der Waals surface area contributed by atoms with Gasteiger partial charge in [0.05, 0.1) is 18.1 Å². The molecule has 0 bridgehead atoms. The molecule has 0 aromatic heterocycles. The van der Waals surface area contributed by atoms with E-state index < -0.39 is 5.97 Å². The zero-order chi connectivity index (χ0) is 19.9. The molecule has 0 aliphatic heterocycles. The molecule has 0 radical (unpaired) electrons. The molecule has 0 amide bonds. The molecule has 0 saturated heterocycles. The summed E-state index contributed by atoms with van der Waals surface area (Å²) >= 11 is 0. The maximum Gasteiger partial charge on any atom is 0.303 e. The van der Waals surface area contributed by atoms with Gasteiger partial charge in [0, 0.05) is 0 Å². The van der Waals surface area contributed by atoms with Crippen molar-refractivity contribution in [1.29, 1.82) is 5.26 Å². The number of carboxylic acid groups (broad SMARTS) is 1. The van der Waals surface area contributed by atoms with E-state index in [-0.39, 0.29) is 12.3 Å². The molecule has 0 spiro atoms. The Morgan fingerprint density at radius 2 is 1.75 bits per heavy atom. The molecule has 3 aromatic carbocycles. The number of carbonyl (C=O) groups is 1. The van der Waals surface area contributed by atoms with Gasteiger partial charge in [-0.1, -0.05) is 49.4 Å². The van der Waals surface area contributed by atoms with Crippen LogP contribution in [0.3, 0.4) is 0 Å². The highest BCUT2D eigenvalue weighted by Crippen LogP contribution is 2.24. The van der Waals surface area contributed by atoms with E-state index in [1.807, 2.05) is 73.7 Å². The van der Waals surface area contributed by atoms with E-state index in [2.05, 4.69) is 12.1 Å². The van der Waals surface area contributed by atoms with Gasteiger partial charge >= 0.3 is 5.97 Å². The van der Waals surface area contributed by atoms with Crippen LogP contribution in [0.15, 0.2) is 72.8 Å². The molecule has 3 rings (SSSR count). The summed E-state index contributed by atoms with van der Waals surface area (Å²) in [5.41, 5.74) is 4.80. The number of benzene rings is 3. The second-order valence-electron chi connectivity index (χ2n) is 6.75. The summed E-state index contributed by atoms with van der Waals surface area (Å²) in [5, 5.41) is 17.8. The number of rotatable bonds is 7. The number of ether oxygens (including phenoxy) is 1. The molecular weight excluding hydrogens is 350 g/mol. The summed E-state index contributed by atoms with van der Waals surface area (Å²) in [4.78, 5) is 10.8. The molecule has 0 aliphatic rings. The lowest BCUT2D eigenvalue weighted by Crippen LogP contribution is -2.03. The third-order valence-electron chi connectivity index (χ3n) is 4.61. The first-order valence-electron chi connectivity index (χ1n) is 9.09. The zero-order valence-electron chi connectivity index (χ0n) is 15.6. The zero-order valence-corrected chi connectivity index (χ0v) is 15.6. The number of carboxylic acids is 1. The molecule has 4 heteroatoms. The summed E-state index contributed by atoms with van der Waals surface area (Å²) in [7, 11) is 0. The number of aliphatic carboxylic acids is 1. The van der Waals surface area contributed by atoms with Gasteiger partial charge in [-0.05, 0) is 58.5 Å². The molecule has 28 heavy (non-hydrogen) atoms. The number of hydrogen-bond donors (Lipinski definition) is 1. The quantitative estimate of drug-likeness (QED) is 0.605. The Hall–Kier alpha value is -3.58. The summed E-state index contributed by atoms with van der Waals surface area (Å²) in [5.74, 6) is -0.0827. The molecule has 0 heterocycles. The first-order chi connectivity index (χ1) is 13.5. The third kappa shape index (κ3) is 4.99. The maximum atomic E-state index is 10.8. The molecule has 1 N–H and O–H groups in total. The molecule has 0 aliphatic carbocycles. The fraction of sp³-hybridized carbons (Fsp3) is 0.167. The van der Waals surface area contributed by atoms with Crippen LogP contribution in [0.4, 0.5) is 0 Å². The highest BCUT2D eigenvalue weighted by atomic mass is 16.5. The fourth-order valence-corrected chi connectivity index (χ4v) is 3.02. The lowest BCUT2D eigenvalue weighted by molar-refractivity contribution is -0.137. The van der Waals surface area contributed by atoms with Crippen molar-refractivity contribution >= 4 is 5.97 Å². The van der Waals surface area contributed by atoms with Crippen molar-refractivity contribution in [1.82, 2.24) is 0 Å². The highest BCUT2D eigenvalue weighted by Gasteiger charge is 2.10. The van der Waals surface area contributed by atoms with Crippen LogP contribution < -0.4 is 4.74 Å². The molecule has 0 fully saturated rings. The minimum atomic E-state index is -0.796. The summed E-state index contributed by atoms with van der Waals surface area (Å²) in [6, 6.07) is 25.3. The first-order valence-corrected chi connectivity index (χ1v) is 9.09. The van der Waals surface area contributed by atoms with Crippen LogP contribution in [0.2, 0.25) is 0 Å². The summed E-state index contributed by atoms with van der Waals surface area (Å²) in [6.07, 6.45) is 0.113. The minimum absolute atomic E-state index is 0.0318. The van der Waals surface area contributed by atoms with Gasteiger partial charge < -0.3 is 9.84 Å². The van der Waals surface area contributed by atoms with E-state index in [1.54, 1.807) is 0 Å². The topological polar surface area (TPSA) is 70.3 Å². The average molecular weight is 371 g/mol. The standard InChI is InChI=1S/C24H21NO3/c1-17(13-24(26)27)20-9-11-23(12-10-20)28-16-19-3-2-4-22(14-19)21-7-5-18(15-25)6-8-21/h2-12,14,17H,13,16H2,1H3,(H,26,27). The minimum Gasteiger partial charge on any atom is -0.489 e. The summed E-state index contributed by atoms with van der Waals surface area (Å²) < 4.78 is 5.88. The van der Waals surface area contributed by atoms with Crippen molar-refractivity contribution in [3.8, 4) is 22.9 Å². The summed E-state index contributed by atoms with van der Waals surface area (Å²) in [6.45, 7) is 2.34. The Bertz CT molecular complexity index is 986. The largest absolute Gasteiger partial charge is 0.489 e. The van der Waals surface area contributed by atoms with Crippen molar-refractivity contribution in [2.24, 2.45) is 0 Å².